The lowest BCUT2D eigenvalue weighted by molar-refractivity contribution is 0.243. The van der Waals surface area contributed by atoms with Crippen molar-refractivity contribution in [3.05, 3.63) is 53.3 Å². The number of halogens is 1. The number of thiazole rings is 1. The number of nitrogens with one attached hydrogen (secondary N) is 1. The molecule has 136 valence electrons. The van der Waals surface area contributed by atoms with Crippen molar-refractivity contribution in [2.75, 3.05) is 11.9 Å². The van der Waals surface area contributed by atoms with E-state index in [9.17, 15) is 4.39 Å². The largest absolute Gasteiger partial charge is 0.353 e. The summed E-state index contributed by atoms with van der Waals surface area (Å²) in [4.78, 5) is 18.2. The van der Waals surface area contributed by atoms with E-state index in [1.807, 2.05) is 0 Å². The predicted molar refractivity (Wildman–Crippen MR) is 101 cm³/mol. The van der Waals surface area contributed by atoms with Gasteiger partial charge in [0, 0.05) is 47.2 Å². The van der Waals surface area contributed by atoms with Crippen LogP contribution in [0, 0.1) is 17.1 Å². The topological polar surface area (TPSA) is 87.4 Å². The Morgan fingerprint density at radius 3 is 2.67 bits per heavy atom. The molecule has 3 heterocycles. The summed E-state index contributed by atoms with van der Waals surface area (Å²) in [5.74, 6) is 0.238. The van der Waals surface area contributed by atoms with Crippen LogP contribution in [0.5, 0.6) is 0 Å². The molecule has 1 N–H and O–H groups in total. The number of nitrogens with zero attached hydrogens (tertiary/aromatic N) is 5. The number of nitriles is 1. The highest BCUT2D eigenvalue weighted by Gasteiger charge is 2.41. The monoisotopic (exact) mass is 380 g/mol. The Hall–Kier alpha value is -2.92. The zero-order valence-electron chi connectivity index (χ0n) is 14.5. The van der Waals surface area contributed by atoms with Gasteiger partial charge in [0.1, 0.15) is 10.8 Å². The number of anilines is 1. The second-order valence-corrected chi connectivity index (χ2v) is 7.70. The fourth-order valence-electron chi connectivity index (χ4n) is 3.26. The van der Waals surface area contributed by atoms with Crippen LogP contribution >= 0.6 is 11.3 Å². The average molecular weight is 380 g/mol. The van der Waals surface area contributed by atoms with E-state index in [1.54, 1.807) is 30.9 Å². The zero-order valence-corrected chi connectivity index (χ0v) is 15.3. The molecule has 0 aliphatic heterocycles. The number of rotatable bonds is 6. The third-order valence-corrected chi connectivity index (χ3v) is 5.91. The minimum absolute atomic E-state index is 0.257. The molecule has 3 aromatic heterocycles. The number of hydrogen-bond acceptors (Lipinski definition) is 7. The minimum atomic E-state index is -0.297. The van der Waals surface area contributed by atoms with Gasteiger partial charge in [0.05, 0.1) is 18.2 Å². The average Bonchev–Trinajstić information content (AvgIpc) is 3.12. The molecular weight excluding hydrogens is 363 g/mol. The molecular formula is C19H17FN6S. The first-order valence-electron chi connectivity index (χ1n) is 8.69. The van der Waals surface area contributed by atoms with Crippen LogP contribution in [0.3, 0.4) is 0 Å². The summed E-state index contributed by atoms with van der Waals surface area (Å²) < 4.78 is 14.2. The first kappa shape index (κ1) is 17.5. The Balaban J connectivity index is 1.45. The first-order valence-corrected chi connectivity index (χ1v) is 9.51. The van der Waals surface area contributed by atoms with Crippen molar-refractivity contribution in [3.63, 3.8) is 0 Å². The second-order valence-electron chi connectivity index (χ2n) is 6.58. The summed E-state index contributed by atoms with van der Waals surface area (Å²) in [6.07, 6.45) is 9.96. The zero-order chi connectivity index (χ0) is 18.7. The Kier molecular flexibility index (Phi) is 4.77. The molecule has 0 aromatic carbocycles. The van der Waals surface area contributed by atoms with E-state index in [-0.39, 0.29) is 11.2 Å². The quantitative estimate of drug-likeness (QED) is 0.701. The Bertz CT molecular complexity index is 974. The summed E-state index contributed by atoms with van der Waals surface area (Å²) in [5, 5.41) is 12.8. The molecule has 0 atom stereocenters. The van der Waals surface area contributed by atoms with E-state index in [0.29, 0.717) is 24.6 Å². The molecule has 0 saturated heterocycles. The molecule has 0 unspecified atom stereocenters. The van der Waals surface area contributed by atoms with Crippen LogP contribution < -0.4 is 5.32 Å². The van der Waals surface area contributed by atoms with Crippen molar-refractivity contribution in [2.45, 2.75) is 31.1 Å². The van der Waals surface area contributed by atoms with Crippen LogP contribution in [0.1, 0.15) is 29.8 Å². The molecule has 1 aliphatic rings. The lowest BCUT2D eigenvalue weighted by atomic mass is 9.66. The molecule has 0 amide bonds. The van der Waals surface area contributed by atoms with E-state index >= 15 is 0 Å². The van der Waals surface area contributed by atoms with Gasteiger partial charge in [-0.15, -0.1) is 11.3 Å². The SMILES string of the molecule is N#CCc1cnc(-c2cnc(NCC3(c4ncccc4F)CCC3)nc2)s1. The van der Waals surface area contributed by atoms with Crippen LogP contribution in [0.25, 0.3) is 10.6 Å². The third-order valence-electron chi connectivity index (χ3n) is 4.86. The van der Waals surface area contributed by atoms with E-state index in [1.165, 1.54) is 17.4 Å². The summed E-state index contributed by atoms with van der Waals surface area (Å²) in [6.45, 7) is 0.545. The lowest BCUT2D eigenvalue weighted by Crippen LogP contribution is -2.42. The van der Waals surface area contributed by atoms with Gasteiger partial charge in [-0.1, -0.05) is 6.42 Å². The highest BCUT2D eigenvalue weighted by molar-refractivity contribution is 7.15. The van der Waals surface area contributed by atoms with Crippen LogP contribution in [-0.4, -0.2) is 26.5 Å². The van der Waals surface area contributed by atoms with Crippen LogP contribution in [0.15, 0.2) is 36.9 Å². The van der Waals surface area contributed by atoms with Gasteiger partial charge in [-0.3, -0.25) is 4.98 Å². The van der Waals surface area contributed by atoms with E-state index in [4.69, 9.17) is 5.26 Å². The van der Waals surface area contributed by atoms with Crippen molar-refractivity contribution in [3.8, 4) is 16.6 Å². The summed E-state index contributed by atoms with van der Waals surface area (Å²) in [5.41, 5.74) is 1.03. The van der Waals surface area contributed by atoms with Crippen molar-refractivity contribution >= 4 is 17.3 Å². The minimum Gasteiger partial charge on any atom is -0.353 e. The number of pyridine rings is 1. The van der Waals surface area contributed by atoms with Crippen molar-refractivity contribution in [2.24, 2.45) is 0 Å². The maximum Gasteiger partial charge on any atom is 0.222 e. The molecule has 0 spiro atoms. The van der Waals surface area contributed by atoms with Crippen molar-refractivity contribution in [1.82, 2.24) is 19.9 Å². The normalized spacial score (nSPS) is 15.0. The summed E-state index contributed by atoms with van der Waals surface area (Å²) >= 11 is 1.46. The molecule has 8 heteroatoms. The van der Waals surface area contributed by atoms with Gasteiger partial charge < -0.3 is 5.32 Å². The molecule has 0 radical (unpaired) electrons. The van der Waals surface area contributed by atoms with E-state index in [2.05, 4.69) is 31.3 Å². The van der Waals surface area contributed by atoms with Gasteiger partial charge in [0.25, 0.3) is 0 Å². The van der Waals surface area contributed by atoms with E-state index in [0.717, 1.165) is 34.7 Å². The number of aromatic nitrogens is 4. The van der Waals surface area contributed by atoms with Crippen molar-refractivity contribution < 1.29 is 4.39 Å². The lowest BCUT2D eigenvalue weighted by Gasteiger charge is -2.41. The molecule has 1 saturated carbocycles. The second kappa shape index (κ2) is 7.37. The van der Waals surface area contributed by atoms with Gasteiger partial charge in [-0.05, 0) is 25.0 Å². The molecule has 6 nitrogen and oxygen atoms in total. The van der Waals surface area contributed by atoms with Crippen LogP contribution in [-0.2, 0) is 11.8 Å². The molecule has 0 bridgehead atoms. The van der Waals surface area contributed by atoms with Crippen molar-refractivity contribution in [1.29, 1.82) is 5.26 Å². The third kappa shape index (κ3) is 3.51. The van der Waals surface area contributed by atoms with E-state index < -0.39 is 0 Å². The maximum atomic E-state index is 14.2. The van der Waals surface area contributed by atoms with Gasteiger partial charge >= 0.3 is 0 Å². The van der Waals surface area contributed by atoms with Crippen LogP contribution in [0.4, 0.5) is 10.3 Å². The smallest absolute Gasteiger partial charge is 0.222 e. The Morgan fingerprint density at radius 1 is 1.19 bits per heavy atom. The van der Waals surface area contributed by atoms with Crippen LogP contribution in [0.2, 0.25) is 0 Å². The first-order chi connectivity index (χ1) is 13.2. The molecule has 1 fully saturated rings. The number of hydrogen-bond donors (Lipinski definition) is 1. The van der Waals surface area contributed by atoms with Gasteiger partial charge in [-0.25, -0.2) is 19.3 Å². The predicted octanol–water partition coefficient (Wildman–Crippen LogP) is 3.73. The van der Waals surface area contributed by atoms with Gasteiger partial charge in [0.2, 0.25) is 5.95 Å². The summed E-state index contributed by atoms with van der Waals surface area (Å²) in [6, 6.07) is 5.19. The maximum absolute atomic E-state index is 14.2. The Labute approximate surface area is 160 Å². The van der Waals surface area contributed by atoms with Gasteiger partial charge in [0.15, 0.2) is 0 Å². The molecule has 3 aromatic rings. The van der Waals surface area contributed by atoms with Gasteiger partial charge in [-0.2, -0.15) is 5.26 Å². The fraction of sp³-hybridized carbons (Fsp3) is 0.316. The molecule has 1 aliphatic carbocycles. The molecule has 27 heavy (non-hydrogen) atoms. The highest BCUT2D eigenvalue weighted by Crippen LogP contribution is 2.43. The molecule has 4 rings (SSSR count). The standard InChI is InChI=1S/C19H17FN6S/c20-15-3-1-8-22-16(15)19(5-2-6-19)12-26-18-24-9-13(10-25-18)17-23-11-14(27-17)4-7-21/h1,3,8-11H,2,4-6,12H2,(H,24,25,26). The fourth-order valence-corrected chi connectivity index (χ4v) is 4.07. The summed E-state index contributed by atoms with van der Waals surface area (Å²) in [7, 11) is 0. The Morgan fingerprint density at radius 2 is 2.00 bits per heavy atom. The highest BCUT2D eigenvalue weighted by atomic mass is 32.1.